The van der Waals surface area contributed by atoms with Gasteiger partial charge in [0.1, 0.15) is 11.6 Å². The van der Waals surface area contributed by atoms with Crippen LogP contribution in [0.4, 0.5) is 5.69 Å². The molecule has 0 atom stereocenters. The molecule has 1 amide bonds. The molecule has 0 radical (unpaired) electrons. The summed E-state index contributed by atoms with van der Waals surface area (Å²) in [6.45, 7) is 0.413. The lowest BCUT2D eigenvalue weighted by molar-refractivity contribution is -0.117. The molecule has 0 bridgehead atoms. The molecule has 29 heavy (non-hydrogen) atoms. The van der Waals surface area contributed by atoms with Crippen LogP contribution in [0.3, 0.4) is 0 Å². The summed E-state index contributed by atoms with van der Waals surface area (Å²) >= 11 is 0. The Labute approximate surface area is 169 Å². The van der Waals surface area contributed by atoms with Crippen LogP contribution in [-0.4, -0.2) is 30.4 Å². The molecule has 6 nitrogen and oxygen atoms in total. The van der Waals surface area contributed by atoms with Crippen LogP contribution < -0.4 is 15.8 Å². The summed E-state index contributed by atoms with van der Waals surface area (Å²) in [5.74, 6) is 1.45. The molecule has 1 aromatic carbocycles. The number of nitrogens with two attached hydrogens (primary N) is 1. The number of aromatic nitrogens is 1. The van der Waals surface area contributed by atoms with Crippen LogP contribution in [0.5, 0.6) is 5.75 Å². The van der Waals surface area contributed by atoms with Crippen molar-refractivity contribution < 1.29 is 9.53 Å². The SMILES string of the molecule is COc1cc2c(cc1-c1cc3c(cn1)C=CC3)NC(=NCCC(N)=O)C21CCC1. The summed E-state index contributed by atoms with van der Waals surface area (Å²) in [6.07, 6.45) is 10.7. The number of rotatable bonds is 5. The molecule has 3 aliphatic rings. The van der Waals surface area contributed by atoms with Gasteiger partial charge in [-0.25, -0.2) is 0 Å². The molecule has 148 valence electrons. The Morgan fingerprint density at radius 2 is 2.21 bits per heavy atom. The van der Waals surface area contributed by atoms with E-state index in [0.717, 1.165) is 47.8 Å². The third kappa shape index (κ3) is 2.82. The number of methoxy groups -OCH3 is 1. The molecule has 1 spiro atoms. The summed E-state index contributed by atoms with van der Waals surface area (Å²) in [5.41, 5.74) is 11.8. The molecule has 3 N–H and O–H groups in total. The normalized spacial score (nSPS) is 19.0. The van der Waals surface area contributed by atoms with Crippen molar-refractivity contribution in [3.8, 4) is 17.0 Å². The van der Waals surface area contributed by atoms with E-state index < -0.39 is 0 Å². The maximum Gasteiger partial charge on any atom is 0.219 e. The fourth-order valence-electron chi connectivity index (χ4n) is 4.62. The number of primary amides is 1. The largest absolute Gasteiger partial charge is 0.496 e. The third-order valence-corrected chi connectivity index (χ3v) is 6.33. The maximum atomic E-state index is 11.1. The Hall–Kier alpha value is -3.15. The third-order valence-electron chi connectivity index (χ3n) is 6.33. The van der Waals surface area contributed by atoms with Gasteiger partial charge in [-0.1, -0.05) is 18.6 Å². The second-order valence-corrected chi connectivity index (χ2v) is 7.98. The van der Waals surface area contributed by atoms with E-state index in [1.54, 1.807) is 7.11 Å². The number of amidine groups is 1. The molecule has 1 aromatic heterocycles. The van der Waals surface area contributed by atoms with Gasteiger partial charge >= 0.3 is 0 Å². The van der Waals surface area contributed by atoms with E-state index in [1.807, 2.05) is 6.20 Å². The lowest BCUT2D eigenvalue weighted by Crippen LogP contribution is -2.41. The number of ether oxygens (including phenoxy) is 1. The van der Waals surface area contributed by atoms with Crippen molar-refractivity contribution in [1.82, 2.24) is 4.98 Å². The van der Waals surface area contributed by atoms with Gasteiger partial charge in [-0.05, 0) is 54.2 Å². The number of carbonyl (C=O) groups is 1. The zero-order valence-corrected chi connectivity index (χ0v) is 16.5. The molecule has 2 aliphatic carbocycles. The quantitative estimate of drug-likeness (QED) is 0.821. The van der Waals surface area contributed by atoms with Crippen molar-refractivity contribution in [3.63, 3.8) is 0 Å². The Bertz CT molecular complexity index is 1070. The summed E-state index contributed by atoms with van der Waals surface area (Å²) in [4.78, 5) is 20.5. The van der Waals surface area contributed by atoms with E-state index in [0.29, 0.717) is 6.54 Å². The van der Waals surface area contributed by atoms with Crippen molar-refractivity contribution in [2.24, 2.45) is 10.7 Å². The molecular weight excluding hydrogens is 364 g/mol. The molecule has 5 rings (SSSR count). The number of fused-ring (bicyclic) bond motifs is 3. The van der Waals surface area contributed by atoms with E-state index in [1.165, 1.54) is 23.1 Å². The number of hydrogen-bond donors (Lipinski definition) is 2. The highest BCUT2D eigenvalue weighted by Crippen LogP contribution is 2.53. The predicted molar refractivity (Wildman–Crippen MR) is 114 cm³/mol. The van der Waals surface area contributed by atoms with Gasteiger partial charge in [0.15, 0.2) is 0 Å². The molecule has 2 aromatic rings. The van der Waals surface area contributed by atoms with Crippen molar-refractivity contribution in [2.75, 3.05) is 19.0 Å². The van der Waals surface area contributed by atoms with Gasteiger partial charge in [-0.2, -0.15) is 0 Å². The number of pyridine rings is 1. The van der Waals surface area contributed by atoms with Crippen LogP contribution >= 0.6 is 0 Å². The van der Waals surface area contributed by atoms with Gasteiger partial charge in [0.25, 0.3) is 0 Å². The van der Waals surface area contributed by atoms with Crippen molar-refractivity contribution in [3.05, 3.63) is 47.2 Å². The van der Waals surface area contributed by atoms with Crippen molar-refractivity contribution >= 4 is 23.5 Å². The summed E-state index contributed by atoms with van der Waals surface area (Å²) in [5, 5.41) is 3.52. The molecule has 1 aliphatic heterocycles. The first-order valence-corrected chi connectivity index (χ1v) is 10.1. The first-order valence-electron chi connectivity index (χ1n) is 10.1. The van der Waals surface area contributed by atoms with E-state index in [-0.39, 0.29) is 17.7 Å². The minimum Gasteiger partial charge on any atom is -0.496 e. The molecule has 6 heteroatoms. The fraction of sp³-hybridized carbons (Fsp3) is 0.348. The highest BCUT2D eigenvalue weighted by atomic mass is 16.5. The number of nitrogens with zero attached hydrogens (tertiary/aromatic N) is 2. The van der Waals surface area contributed by atoms with Crippen LogP contribution in [0.25, 0.3) is 17.3 Å². The number of hydrogen-bond acceptors (Lipinski definition) is 4. The molecule has 0 saturated heterocycles. The summed E-state index contributed by atoms with van der Waals surface area (Å²) < 4.78 is 5.77. The number of carbonyl (C=O) groups excluding carboxylic acids is 1. The molecule has 1 saturated carbocycles. The number of benzene rings is 1. The average Bonchev–Trinajstić information content (AvgIpc) is 3.27. The molecule has 2 heterocycles. The van der Waals surface area contributed by atoms with E-state index in [2.05, 4.69) is 40.7 Å². The van der Waals surface area contributed by atoms with Gasteiger partial charge in [-0.15, -0.1) is 0 Å². The second-order valence-electron chi connectivity index (χ2n) is 7.98. The zero-order chi connectivity index (χ0) is 20.0. The zero-order valence-electron chi connectivity index (χ0n) is 16.5. The number of amides is 1. The summed E-state index contributed by atoms with van der Waals surface area (Å²) in [6, 6.07) is 6.41. The van der Waals surface area contributed by atoms with Crippen LogP contribution in [0, 0.1) is 0 Å². The number of aliphatic imine (C=N–C) groups is 1. The smallest absolute Gasteiger partial charge is 0.219 e. The van der Waals surface area contributed by atoms with Gasteiger partial charge < -0.3 is 15.8 Å². The van der Waals surface area contributed by atoms with Crippen molar-refractivity contribution in [1.29, 1.82) is 0 Å². The number of anilines is 1. The minimum absolute atomic E-state index is 0.0892. The Morgan fingerprint density at radius 1 is 1.34 bits per heavy atom. The van der Waals surface area contributed by atoms with Gasteiger partial charge in [0.05, 0.1) is 18.2 Å². The Morgan fingerprint density at radius 3 is 2.93 bits per heavy atom. The van der Waals surface area contributed by atoms with Gasteiger partial charge in [0, 0.05) is 30.4 Å². The van der Waals surface area contributed by atoms with Crippen LogP contribution in [-0.2, 0) is 16.6 Å². The van der Waals surface area contributed by atoms with E-state index >= 15 is 0 Å². The fourth-order valence-corrected chi connectivity index (χ4v) is 4.62. The number of nitrogens with one attached hydrogen (secondary N) is 1. The van der Waals surface area contributed by atoms with Gasteiger partial charge in [0.2, 0.25) is 5.91 Å². The number of allylic oxidation sites excluding steroid dienone is 1. The molecule has 0 unspecified atom stereocenters. The highest BCUT2D eigenvalue weighted by molar-refractivity contribution is 6.11. The maximum absolute atomic E-state index is 11.1. The topological polar surface area (TPSA) is 89.6 Å². The monoisotopic (exact) mass is 388 g/mol. The first-order chi connectivity index (χ1) is 14.1. The van der Waals surface area contributed by atoms with Crippen LogP contribution in [0.15, 0.2) is 35.5 Å². The van der Waals surface area contributed by atoms with Crippen molar-refractivity contribution in [2.45, 2.75) is 37.5 Å². The highest BCUT2D eigenvalue weighted by Gasteiger charge is 2.49. The Balaban J connectivity index is 1.55. The van der Waals surface area contributed by atoms with Crippen LogP contribution in [0.1, 0.15) is 42.4 Å². The average molecular weight is 388 g/mol. The minimum atomic E-state index is -0.325. The molecular formula is C23H24N4O2. The predicted octanol–water partition coefficient (Wildman–Crippen LogP) is 3.45. The van der Waals surface area contributed by atoms with Gasteiger partial charge in [-0.3, -0.25) is 14.8 Å². The second kappa shape index (κ2) is 6.72. The van der Waals surface area contributed by atoms with E-state index in [4.69, 9.17) is 15.5 Å². The lowest BCUT2D eigenvalue weighted by atomic mass is 9.64. The van der Waals surface area contributed by atoms with E-state index in [9.17, 15) is 4.79 Å². The standard InChI is InChI=1S/C23H24N4O2/c1-29-20-12-17-19(11-16(20)18-10-14-4-2-5-15(14)13-26-18)27-22(23(17)7-3-8-23)25-9-6-21(24)28/h2,5,10-13H,3-4,6-9H2,1H3,(H2,24,28)(H,25,27). The first kappa shape index (κ1) is 17.9. The molecule has 1 fully saturated rings. The Kier molecular flexibility index (Phi) is 4.15. The lowest BCUT2D eigenvalue weighted by Gasteiger charge is -2.38. The summed E-state index contributed by atoms with van der Waals surface area (Å²) in [7, 11) is 1.71. The van der Waals surface area contributed by atoms with Crippen LogP contribution in [0.2, 0.25) is 0 Å².